The summed E-state index contributed by atoms with van der Waals surface area (Å²) in [6.45, 7) is 5.14. The quantitative estimate of drug-likeness (QED) is 0.716. The van der Waals surface area contributed by atoms with Gasteiger partial charge in [-0.2, -0.15) is 0 Å². The molecule has 0 bridgehead atoms. The first-order chi connectivity index (χ1) is 8.06. The van der Waals surface area contributed by atoms with Gasteiger partial charge in [0.1, 0.15) is 6.10 Å². The summed E-state index contributed by atoms with van der Waals surface area (Å²) in [6, 6.07) is 0. The summed E-state index contributed by atoms with van der Waals surface area (Å²) in [7, 11) is 0. The van der Waals surface area contributed by atoms with Crippen molar-refractivity contribution in [1.29, 1.82) is 0 Å². The van der Waals surface area contributed by atoms with E-state index in [9.17, 15) is 14.7 Å². The highest BCUT2D eigenvalue weighted by molar-refractivity contribution is 5.82. The number of hydrogen-bond acceptors (Lipinski definition) is 4. The van der Waals surface area contributed by atoms with Crippen LogP contribution in [0.15, 0.2) is 0 Å². The Balaban J connectivity index is 2.39. The molecule has 2 unspecified atom stereocenters. The van der Waals surface area contributed by atoms with E-state index in [1.165, 1.54) is 0 Å². The largest absolute Gasteiger partial charge is 0.466 e. The first kappa shape index (κ1) is 14.0. The topological polar surface area (TPSA) is 66.8 Å². The molecule has 0 spiro atoms. The number of carbonyl (C=O) groups is 2. The molecule has 0 radical (unpaired) electrons. The lowest BCUT2D eigenvalue weighted by atomic mass is 10.0. The Bertz CT molecular complexity index is 274. The van der Waals surface area contributed by atoms with Gasteiger partial charge >= 0.3 is 5.97 Å². The predicted molar refractivity (Wildman–Crippen MR) is 62.2 cm³/mol. The molecule has 0 aromatic rings. The molecule has 1 N–H and O–H groups in total. The number of aliphatic hydroxyl groups is 1. The third-order valence-electron chi connectivity index (χ3n) is 2.97. The van der Waals surface area contributed by atoms with Crippen molar-refractivity contribution in [2.24, 2.45) is 5.92 Å². The number of rotatable bonds is 5. The average Bonchev–Trinajstić information content (AvgIpc) is 2.81. The maximum Gasteiger partial charge on any atom is 0.308 e. The number of carbonyl (C=O) groups excluding carboxylic acids is 2. The van der Waals surface area contributed by atoms with E-state index in [0.717, 1.165) is 12.8 Å². The van der Waals surface area contributed by atoms with E-state index in [2.05, 4.69) is 0 Å². The SMILES string of the molecule is CCOC(=O)C(C)CC(O)C(=O)N1CCCC1. The van der Waals surface area contributed by atoms with E-state index in [1.807, 2.05) is 0 Å². The Hall–Kier alpha value is -1.10. The molecule has 0 saturated carbocycles. The molecule has 1 amide bonds. The van der Waals surface area contributed by atoms with Crippen molar-refractivity contribution in [3.05, 3.63) is 0 Å². The lowest BCUT2D eigenvalue weighted by molar-refractivity contribution is -0.150. The Morgan fingerprint density at radius 3 is 2.47 bits per heavy atom. The summed E-state index contributed by atoms with van der Waals surface area (Å²) in [5, 5.41) is 9.77. The minimum Gasteiger partial charge on any atom is -0.466 e. The molecule has 5 heteroatoms. The van der Waals surface area contributed by atoms with Gasteiger partial charge in [-0.25, -0.2) is 0 Å². The molecule has 1 aliphatic rings. The molecule has 1 saturated heterocycles. The minimum absolute atomic E-state index is 0.133. The van der Waals surface area contributed by atoms with Crippen LogP contribution < -0.4 is 0 Å². The van der Waals surface area contributed by atoms with Crippen LogP contribution in [0.3, 0.4) is 0 Å². The lowest BCUT2D eigenvalue weighted by Gasteiger charge is -2.21. The van der Waals surface area contributed by atoms with E-state index < -0.39 is 12.0 Å². The van der Waals surface area contributed by atoms with Crippen molar-refractivity contribution in [3.63, 3.8) is 0 Å². The van der Waals surface area contributed by atoms with Crippen LogP contribution in [0.25, 0.3) is 0 Å². The predicted octanol–water partition coefficient (Wildman–Crippen LogP) is 0.559. The summed E-state index contributed by atoms with van der Waals surface area (Å²) in [6.07, 6.45) is 1.03. The summed E-state index contributed by atoms with van der Waals surface area (Å²) < 4.78 is 4.83. The number of aliphatic hydroxyl groups excluding tert-OH is 1. The number of ether oxygens (including phenoxy) is 1. The zero-order chi connectivity index (χ0) is 12.8. The van der Waals surface area contributed by atoms with Gasteiger partial charge in [0.05, 0.1) is 12.5 Å². The van der Waals surface area contributed by atoms with Crippen molar-refractivity contribution >= 4 is 11.9 Å². The fraction of sp³-hybridized carbons (Fsp3) is 0.833. The molecule has 0 aromatic carbocycles. The average molecular weight is 243 g/mol. The van der Waals surface area contributed by atoms with Crippen molar-refractivity contribution in [3.8, 4) is 0 Å². The fourth-order valence-electron chi connectivity index (χ4n) is 1.96. The molecule has 1 aliphatic heterocycles. The fourth-order valence-corrected chi connectivity index (χ4v) is 1.96. The van der Waals surface area contributed by atoms with Crippen LogP contribution in [0.4, 0.5) is 0 Å². The lowest BCUT2D eigenvalue weighted by Crippen LogP contribution is -2.38. The summed E-state index contributed by atoms with van der Waals surface area (Å²) in [4.78, 5) is 24.8. The molecule has 1 rings (SSSR count). The maximum atomic E-state index is 11.8. The van der Waals surface area contributed by atoms with Gasteiger partial charge in [-0.3, -0.25) is 9.59 Å². The van der Waals surface area contributed by atoms with Crippen LogP contribution in [0.5, 0.6) is 0 Å². The molecule has 17 heavy (non-hydrogen) atoms. The van der Waals surface area contributed by atoms with E-state index in [1.54, 1.807) is 18.7 Å². The zero-order valence-electron chi connectivity index (χ0n) is 10.5. The molecule has 2 atom stereocenters. The number of hydrogen-bond donors (Lipinski definition) is 1. The van der Waals surface area contributed by atoms with Crippen molar-refractivity contribution < 1.29 is 19.4 Å². The Kier molecular flexibility index (Phi) is 5.41. The number of esters is 1. The highest BCUT2D eigenvalue weighted by Crippen LogP contribution is 2.14. The van der Waals surface area contributed by atoms with Crippen LogP contribution >= 0.6 is 0 Å². The third kappa shape index (κ3) is 4.00. The maximum absolute atomic E-state index is 11.8. The van der Waals surface area contributed by atoms with E-state index >= 15 is 0 Å². The Labute approximate surface area is 102 Å². The van der Waals surface area contributed by atoms with Gasteiger partial charge in [-0.1, -0.05) is 6.92 Å². The van der Waals surface area contributed by atoms with Crippen LogP contribution in [0.1, 0.15) is 33.1 Å². The van der Waals surface area contributed by atoms with Gasteiger partial charge < -0.3 is 14.7 Å². The van der Waals surface area contributed by atoms with Gasteiger partial charge in [0.15, 0.2) is 0 Å². The second kappa shape index (κ2) is 6.59. The highest BCUT2D eigenvalue weighted by atomic mass is 16.5. The molecule has 0 aliphatic carbocycles. The number of amides is 1. The normalized spacial score (nSPS) is 18.9. The molecule has 1 heterocycles. The van der Waals surface area contributed by atoms with E-state index in [4.69, 9.17) is 4.74 Å². The smallest absolute Gasteiger partial charge is 0.308 e. The number of nitrogens with zero attached hydrogens (tertiary/aromatic N) is 1. The monoisotopic (exact) mass is 243 g/mol. The van der Waals surface area contributed by atoms with Crippen molar-refractivity contribution in [2.75, 3.05) is 19.7 Å². The van der Waals surface area contributed by atoms with Crippen LogP contribution in [0, 0.1) is 5.92 Å². The summed E-state index contributed by atoms with van der Waals surface area (Å²) in [5.74, 6) is -1.07. The third-order valence-corrected chi connectivity index (χ3v) is 2.97. The van der Waals surface area contributed by atoms with Gasteiger partial charge in [-0.05, 0) is 26.2 Å². The van der Waals surface area contributed by atoms with Gasteiger partial charge in [0.2, 0.25) is 0 Å². The van der Waals surface area contributed by atoms with Crippen LogP contribution in [-0.4, -0.2) is 47.7 Å². The first-order valence-electron chi connectivity index (χ1n) is 6.19. The second-order valence-electron chi connectivity index (χ2n) is 4.44. The van der Waals surface area contributed by atoms with E-state index in [-0.39, 0.29) is 18.3 Å². The molecule has 98 valence electrons. The van der Waals surface area contributed by atoms with Gasteiger partial charge in [0, 0.05) is 13.1 Å². The van der Waals surface area contributed by atoms with Crippen molar-refractivity contribution in [1.82, 2.24) is 4.90 Å². The van der Waals surface area contributed by atoms with Crippen molar-refractivity contribution in [2.45, 2.75) is 39.2 Å². The minimum atomic E-state index is -1.09. The van der Waals surface area contributed by atoms with Crippen LogP contribution in [-0.2, 0) is 14.3 Å². The Morgan fingerprint density at radius 1 is 1.35 bits per heavy atom. The van der Waals surface area contributed by atoms with Gasteiger partial charge in [0.25, 0.3) is 5.91 Å². The molecule has 0 aromatic heterocycles. The standard InChI is InChI=1S/C12H21NO4/c1-3-17-12(16)9(2)8-10(14)11(15)13-6-4-5-7-13/h9-10,14H,3-8H2,1-2H3. The molecular formula is C12H21NO4. The first-order valence-corrected chi connectivity index (χ1v) is 6.19. The Morgan fingerprint density at radius 2 is 1.94 bits per heavy atom. The second-order valence-corrected chi connectivity index (χ2v) is 4.44. The van der Waals surface area contributed by atoms with E-state index in [0.29, 0.717) is 19.7 Å². The van der Waals surface area contributed by atoms with Gasteiger partial charge in [-0.15, -0.1) is 0 Å². The summed E-state index contributed by atoms with van der Waals surface area (Å²) >= 11 is 0. The number of likely N-dealkylation sites (tertiary alicyclic amines) is 1. The zero-order valence-corrected chi connectivity index (χ0v) is 10.5. The highest BCUT2D eigenvalue weighted by Gasteiger charge is 2.28. The molecule has 5 nitrogen and oxygen atoms in total. The molecule has 1 fully saturated rings. The molecular weight excluding hydrogens is 222 g/mol. The summed E-state index contributed by atoms with van der Waals surface area (Å²) in [5.41, 5.74) is 0. The van der Waals surface area contributed by atoms with Crippen LogP contribution in [0.2, 0.25) is 0 Å².